The van der Waals surface area contributed by atoms with Crippen molar-refractivity contribution in [2.45, 2.75) is 38.4 Å². The molecule has 9 heteroatoms. The molecule has 170 valence electrons. The number of carbonyl (C=O) groups excluding carboxylic acids is 2. The fourth-order valence-corrected chi connectivity index (χ4v) is 3.67. The lowest BCUT2D eigenvalue weighted by Crippen LogP contribution is -2.56. The number of nitrogens with one attached hydrogen (secondary N) is 2. The zero-order valence-corrected chi connectivity index (χ0v) is 18.6. The summed E-state index contributed by atoms with van der Waals surface area (Å²) in [6, 6.07) is 12.1. The van der Waals surface area contributed by atoms with Crippen LogP contribution in [0.4, 0.5) is 4.79 Å². The zero-order chi connectivity index (χ0) is 23.3. The predicted octanol–water partition coefficient (Wildman–Crippen LogP) is 2.95. The summed E-state index contributed by atoms with van der Waals surface area (Å²) >= 11 is 6.02. The van der Waals surface area contributed by atoms with Gasteiger partial charge >= 0.3 is 12.1 Å². The Kier molecular flexibility index (Phi) is 7.71. The third kappa shape index (κ3) is 5.99. The molecule has 1 saturated heterocycles. The van der Waals surface area contributed by atoms with Crippen molar-refractivity contribution in [1.29, 1.82) is 0 Å². The molecule has 0 radical (unpaired) electrons. The van der Waals surface area contributed by atoms with E-state index in [4.69, 9.17) is 16.3 Å². The number of aliphatic carboxylic acids is 1. The zero-order valence-electron chi connectivity index (χ0n) is 17.9. The third-order valence-corrected chi connectivity index (χ3v) is 5.62. The Morgan fingerprint density at radius 3 is 2.53 bits per heavy atom. The van der Waals surface area contributed by atoms with Crippen molar-refractivity contribution in [3.8, 4) is 5.75 Å². The van der Waals surface area contributed by atoms with Gasteiger partial charge in [-0.3, -0.25) is 4.79 Å². The SMILES string of the molecule is CC1CN(C(=O)Oc2ccc(C[C@H](NC(=O)c3ccccc3Cl)C(=O)O)cc2)C(C)CN1. The molecule has 2 unspecified atom stereocenters. The second-order valence-electron chi connectivity index (χ2n) is 7.87. The summed E-state index contributed by atoms with van der Waals surface area (Å²) < 4.78 is 5.47. The number of nitrogens with zero attached hydrogens (tertiary/aromatic N) is 1. The van der Waals surface area contributed by atoms with Crippen LogP contribution in [0.1, 0.15) is 29.8 Å². The van der Waals surface area contributed by atoms with E-state index in [2.05, 4.69) is 10.6 Å². The second kappa shape index (κ2) is 10.5. The minimum atomic E-state index is -1.16. The van der Waals surface area contributed by atoms with E-state index in [1.165, 1.54) is 6.07 Å². The van der Waals surface area contributed by atoms with Crippen LogP contribution in [0, 0.1) is 0 Å². The van der Waals surface area contributed by atoms with Crippen molar-refractivity contribution in [3.05, 3.63) is 64.7 Å². The maximum absolute atomic E-state index is 12.5. The lowest BCUT2D eigenvalue weighted by atomic mass is 10.1. The molecule has 2 aromatic rings. The van der Waals surface area contributed by atoms with Gasteiger partial charge in [-0.1, -0.05) is 35.9 Å². The Bertz CT molecular complexity index is 982. The number of benzene rings is 2. The molecule has 0 aromatic heterocycles. The number of carboxylic acid groups (broad SMARTS) is 1. The largest absolute Gasteiger partial charge is 0.480 e. The molecular formula is C23H26ClN3O5. The van der Waals surface area contributed by atoms with Crippen LogP contribution in [0.5, 0.6) is 5.75 Å². The van der Waals surface area contributed by atoms with Crippen LogP contribution in [0.25, 0.3) is 0 Å². The lowest BCUT2D eigenvalue weighted by molar-refractivity contribution is -0.139. The smallest absolute Gasteiger partial charge is 0.415 e. The number of ether oxygens (including phenoxy) is 1. The third-order valence-electron chi connectivity index (χ3n) is 5.29. The molecule has 1 heterocycles. The van der Waals surface area contributed by atoms with E-state index in [-0.39, 0.29) is 29.1 Å². The highest BCUT2D eigenvalue weighted by Crippen LogP contribution is 2.18. The summed E-state index contributed by atoms with van der Waals surface area (Å²) in [6.45, 7) is 5.21. The Morgan fingerprint density at radius 1 is 1.19 bits per heavy atom. The minimum Gasteiger partial charge on any atom is -0.480 e. The summed E-state index contributed by atoms with van der Waals surface area (Å²) in [5.41, 5.74) is 0.875. The van der Waals surface area contributed by atoms with Crippen LogP contribution in [-0.4, -0.2) is 59.2 Å². The average molecular weight is 460 g/mol. The van der Waals surface area contributed by atoms with Crippen molar-refractivity contribution in [3.63, 3.8) is 0 Å². The summed E-state index contributed by atoms with van der Waals surface area (Å²) in [6.07, 6.45) is -0.361. The molecule has 2 aromatic carbocycles. The van der Waals surface area contributed by atoms with E-state index in [0.717, 1.165) is 0 Å². The van der Waals surface area contributed by atoms with Crippen molar-refractivity contribution < 1.29 is 24.2 Å². The molecule has 1 aliphatic rings. The molecule has 0 spiro atoms. The number of halogens is 1. The first-order valence-corrected chi connectivity index (χ1v) is 10.7. The number of hydrogen-bond donors (Lipinski definition) is 3. The maximum atomic E-state index is 12.5. The quantitative estimate of drug-likeness (QED) is 0.613. The lowest BCUT2D eigenvalue weighted by Gasteiger charge is -2.36. The molecule has 0 aliphatic carbocycles. The number of piperazine rings is 1. The van der Waals surface area contributed by atoms with Crippen LogP contribution in [0.15, 0.2) is 48.5 Å². The number of carbonyl (C=O) groups is 3. The van der Waals surface area contributed by atoms with E-state index < -0.39 is 24.0 Å². The average Bonchev–Trinajstić information content (AvgIpc) is 2.76. The summed E-state index contributed by atoms with van der Waals surface area (Å²) in [7, 11) is 0. The maximum Gasteiger partial charge on any atom is 0.415 e. The van der Waals surface area contributed by atoms with Crippen LogP contribution >= 0.6 is 11.6 Å². The van der Waals surface area contributed by atoms with Crippen LogP contribution in [0.3, 0.4) is 0 Å². The first-order chi connectivity index (χ1) is 15.2. The summed E-state index contributed by atoms with van der Waals surface area (Å²) in [5, 5.41) is 15.6. The molecule has 3 atom stereocenters. The highest BCUT2D eigenvalue weighted by Gasteiger charge is 2.28. The monoisotopic (exact) mass is 459 g/mol. The highest BCUT2D eigenvalue weighted by molar-refractivity contribution is 6.33. The topological polar surface area (TPSA) is 108 Å². The van der Waals surface area contributed by atoms with Gasteiger partial charge in [-0.15, -0.1) is 0 Å². The van der Waals surface area contributed by atoms with E-state index >= 15 is 0 Å². The molecule has 2 amide bonds. The summed E-state index contributed by atoms with van der Waals surface area (Å²) in [4.78, 5) is 38.3. The number of carboxylic acids is 1. The molecular weight excluding hydrogens is 434 g/mol. The van der Waals surface area contributed by atoms with Crippen molar-refractivity contribution in [2.75, 3.05) is 13.1 Å². The normalized spacial score (nSPS) is 19.2. The van der Waals surface area contributed by atoms with Crippen LogP contribution < -0.4 is 15.4 Å². The molecule has 8 nitrogen and oxygen atoms in total. The molecule has 3 N–H and O–H groups in total. The van der Waals surface area contributed by atoms with Gasteiger partial charge in [-0.05, 0) is 43.7 Å². The van der Waals surface area contributed by atoms with E-state index in [1.807, 2.05) is 13.8 Å². The van der Waals surface area contributed by atoms with Crippen molar-refractivity contribution in [1.82, 2.24) is 15.5 Å². The Balaban J connectivity index is 1.61. The fraction of sp³-hybridized carbons (Fsp3) is 0.348. The Hall–Kier alpha value is -3.10. The Labute approximate surface area is 191 Å². The molecule has 0 bridgehead atoms. The first kappa shape index (κ1) is 23.6. The molecule has 1 aliphatic heterocycles. The highest BCUT2D eigenvalue weighted by atomic mass is 35.5. The van der Waals surface area contributed by atoms with E-state index in [0.29, 0.717) is 24.4 Å². The van der Waals surface area contributed by atoms with Gasteiger partial charge in [0.05, 0.1) is 10.6 Å². The fourth-order valence-electron chi connectivity index (χ4n) is 3.45. The van der Waals surface area contributed by atoms with Crippen molar-refractivity contribution >= 4 is 29.6 Å². The van der Waals surface area contributed by atoms with Gasteiger partial charge in [0, 0.05) is 31.6 Å². The van der Waals surface area contributed by atoms with E-state index in [1.54, 1.807) is 47.4 Å². The molecule has 32 heavy (non-hydrogen) atoms. The standard InChI is InChI=1S/C23H26ClN3O5/c1-14-13-27(15(2)12-25-14)23(31)32-17-9-7-16(8-10-17)11-20(22(29)30)26-21(28)18-5-3-4-6-19(18)24/h3-10,14-15,20,25H,11-13H2,1-2H3,(H,26,28)(H,29,30)/t14?,15?,20-/m0/s1. The summed E-state index contributed by atoms with van der Waals surface area (Å²) in [5.74, 6) is -1.36. The molecule has 3 rings (SSSR count). The van der Waals surface area contributed by atoms with Crippen molar-refractivity contribution in [2.24, 2.45) is 0 Å². The minimum absolute atomic E-state index is 0.0241. The van der Waals surface area contributed by atoms with E-state index in [9.17, 15) is 19.5 Å². The molecule has 1 fully saturated rings. The second-order valence-corrected chi connectivity index (χ2v) is 8.28. The van der Waals surface area contributed by atoms with Gasteiger partial charge in [-0.2, -0.15) is 0 Å². The Morgan fingerprint density at radius 2 is 1.88 bits per heavy atom. The van der Waals surface area contributed by atoms with Crippen LogP contribution in [0.2, 0.25) is 5.02 Å². The number of amides is 2. The van der Waals surface area contributed by atoms with Gasteiger partial charge in [0.25, 0.3) is 5.91 Å². The molecule has 0 saturated carbocycles. The first-order valence-electron chi connectivity index (χ1n) is 10.3. The number of rotatable bonds is 6. The van der Waals surface area contributed by atoms with Gasteiger partial charge in [0.15, 0.2) is 0 Å². The van der Waals surface area contributed by atoms with Crippen LogP contribution in [-0.2, 0) is 11.2 Å². The van der Waals surface area contributed by atoms with Gasteiger partial charge in [0.2, 0.25) is 0 Å². The van der Waals surface area contributed by atoms with Gasteiger partial charge in [-0.25, -0.2) is 9.59 Å². The van der Waals surface area contributed by atoms with Gasteiger partial charge < -0.3 is 25.4 Å². The van der Waals surface area contributed by atoms with Gasteiger partial charge in [0.1, 0.15) is 11.8 Å². The predicted molar refractivity (Wildman–Crippen MR) is 120 cm³/mol. The number of hydrogen-bond acceptors (Lipinski definition) is 5.